The number of amides is 1. The molecular formula is C13H20N4O2. The smallest absolute Gasteiger partial charge is 0.234 e. The molecule has 0 bridgehead atoms. The first-order valence-corrected chi connectivity index (χ1v) is 6.46. The highest BCUT2D eigenvalue weighted by Gasteiger charge is 2.12. The highest BCUT2D eigenvalue weighted by Crippen LogP contribution is 2.06. The van der Waals surface area contributed by atoms with Crippen molar-refractivity contribution in [3.8, 4) is 5.88 Å². The molecule has 0 aromatic carbocycles. The minimum absolute atomic E-state index is 0.0534. The zero-order valence-corrected chi connectivity index (χ0v) is 11.2. The Morgan fingerprint density at radius 1 is 1.47 bits per heavy atom. The van der Waals surface area contributed by atoms with Crippen molar-refractivity contribution in [2.45, 2.75) is 6.54 Å². The van der Waals surface area contributed by atoms with E-state index in [1.165, 1.54) is 0 Å². The number of ether oxygens (including phenoxy) is 1. The van der Waals surface area contributed by atoms with Crippen LogP contribution in [0.2, 0.25) is 0 Å². The zero-order chi connectivity index (χ0) is 13.5. The Balaban J connectivity index is 1.72. The van der Waals surface area contributed by atoms with Gasteiger partial charge in [-0.05, 0) is 5.56 Å². The molecule has 1 aliphatic rings. The van der Waals surface area contributed by atoms with Gasteiger partial charge in [0.05, 0.1) is 13.7 Å². The van der Waals surface area contributed by atoms with E-state index >= 15 is 0 Å². The van der Waals surface area contributed by atoms with Crippen LogP contribution in [0, 0.1) is 0 Å². The number of methoxy groups -OCH3 is 1. The lowest BCUT2D eigenvalue weighted by Gasteiger charge is -2.26. The standard InChI is InChI=1S/C13H20N4O2/c1-19-13-3-2-11(9-16-13)8-15-12(18)10-17-6-4-14-5-7-17/h2-3,9,14H,4-8,10H2,1H3,(H,15,18). The van der Waals surface area contributed by atoms with Crippen LogP contribution in [0.4, 0.5) is 0 Å². The number of nitrogens with zero attached hydrogens (tertiary/aromatic N) is 2. The molecule has 0 unspecified atom stereocenters. The minimum atomic E-state index is 0.0534. The van der Waals surface area contributed by atoms with Gasteiger partial charge < -0.3 is 15.4 Å². The van der Waals surface area contributed by atoms with E-state index in [1.807, 2.05) is 6.07 Å². The van der Waals surface area contributed by atoms with Gasteiger partial charge in [0, 0.05) is 45.0 Å². The Kier molecular flexibility index (Phi) is 5.11. The summed E-state index contributed by atoms with van der Waals surface area (Å²) in [6, 6.07) is 3.69. The molecule has 6 heteroatoms. The summed E-state index contributed by atoms with van der Waals surface area (Å²) in [4.78, 5) is 18.0. The topological polar surface area (TPSA) is 66.5 Å². The minimum Gasteiger partial charge on any atom is -0.481 e. The van der Waals surface area contributed by atoms with Crippen molar-refractivity contribution in [1.82, 2.24) is 20.5 Å². The van der Waals surface area contributed by atoms with Crippen molar-refractivity contribution < 1.29 is 9.53 Å². The summed E-state index contributed by atoms with van der Waals surface area (Å²) in [5.74, 6) is 0.633. The SMILES string of the molecule is COc1ccc(CNC(=O)CN2CCNCC2)cn1. The maximum atomic E-state index is 11.8. The van der Waals surface area contributed by atoms with Crippen molar-refractivity contribution in [1.29, 1.82) is 0 Å². The lowest BCUT2D eigenvalue weighted by molar-refractivity contribution is -0.122. The first-order valence-electron chi connectivity index (χ1n) is 6.46. The second-order valence-electron chi connectivity index (χ2n) is 4.51. The van der Waals surface area contributed by atoms with E-state index in [1.54, 1.807) is 19.4 Å². The number of rotatable bonds is 5. The van der Waals surface area contributed by atoms with Crippen molar-refractivity contribution in [3.63, 3.8) is 0 Å². The summed E-state index contributed by atoms with van der Waals surface area (Å²) in [5.41, 5.74) is 0.967. The molecule has 2 heterocycles. The molecule has 6 nitrogen and oxygen atoms in total. The molecule has 0 spiro atoms. The van der Waals surface area contributed by atoms with Crippen molar-refractivity contribution in [2.24, 2.45) is 0 Å². The van der Waals surface area contributed by atoms with E-state index in [-0.39, 0.29) is 5.91 Å². The molecule has 0 atom stereocenters. The van der Waals surface area contributed by atoms with E-state index < -0.39 is 0 Å². The predicted octanol–water partition coefficient (Wildman–Crippen LogP) is -0.388. The van der Waals surface area contributed by atoms with Crippen LogP contribution in [0.3, 0.4) is 0 Å². The van der Waals surface area contributed by atoms with E-state index in [4.69, 9.17) is 4.74 Å². The van der Waals surface area contributed by atoms with E-state index in [9.17, 15) is 4.79 Å². The highest BCUT2D eigenvalue weighted by molar-refractivity contribution is 5.78. The quantitative estimate of drug-likeness (QED) is 0.758. The molecular weight excluding hydrogens is 244 g/mol. The second kappa shape index (κ2) is 7.06. The molecule has 1 fully saturated rings. The molecule has 2 rings (SSSR count). The summed E-state index contributed by atoms with van der Waals surface area (Å²) in [7, 11) is 1.58. The Hall–Kier alpha value is -1.66. The summed E-state index contributed by atoms with van der Waals surface area (Å²) in [6.45, 7) is 4.73. The molecule has 0 saturated carbocycles. The maximum absolute atomic E-state index is 11.8. The molecule has 1 aliphatic heterocycles. The van der Waals surface area contributed by atoms with Crippen LogP contribution in [-0.2, 0) is 11.3 Å². The number of pyridine rings is 1. The lowest BCUT2D eigenvalue weighted by atomic mass is 10.3. The largest absolute Gasteiger partial charge is 0.481 e. The van der Waals surface area contributed by atoms with Crippen LogP contribution < -0.4 is 15.4 Å². The fraction of sp³-hybridized carbons (Fsp3) is 0.538. The Labute approximate surface area is 113 Å². The predicted molar refractivity (Wildman–Crippen MR) is 71.9 cm³/mol. The number of piperazine rings is 1. The normalized spacial score (nSPS) is 16.1. The van der Waals surface area contributed by atoms with Crippen LogP contribution >= 0.6 is 0 Å². The number of nitrogens with one attached hydrogen (secondary N) is 2. The monoisotopic (exact) mass is 264 g/mol. The third-order valence-corrected chi connectivity index (χ3v) is 3.07. The number of carbonyl (C=O) groups excluding carboxylic acids is 1. The fourth-order valence-electron chi connectivity index (χ4n) is 1.97. The van der Waals surface area contributed by atoms with Crippen LogP contribution in [0.15, 0.2) is 18.3 Å². The molecule has 1 saturated heterocycles. The van der Waals surface area contributed by atoms with E-state index in [0.29, 0.717) is 19.0 Å². The van der Waals surface area contributed by atoms with Crippen LogP contribution in [-0.4, -0.2) is 55.6 Å². The van der Waals surface area contributed by atoms with Crippen molar-refractivity contribution in [3.05, 3.63) is 23.9 Å². The van der Waals surface area contributed by atoms with Crippen LogP contribution in [0.1, 0.15) is 5.56 Å². The Bertz CT molecular complexity index is 402. The molecule has 2 N–H and O–H groups in total. The lowest BCUT2D eigenvalue weighted by Crippen LogP contribution is -2.47. The number of hydrogen-bond donors (Lipinski definition) is 2. The molecule has 0 aliphatic carbocycles. The molecule has 0 radical (unpaired) electrons. The summed E-state index contributed by atoms with van der Waals surface area (Å²) < 4.78 is 4.98. The summed E-state index contributed by atoms with van der Waals surface area (Å²) in [5, 5.41) is 6.17. The van der Waals surface area contributed by atoms with Gasteiger partial charge in [0.15, 0.2) is 0 Å². The number of hydrogen-bond acceptors (Lipinski definition) is 5. The first kappa shape index (κ1) is 13.8. The summed E-state index contributed by atoms with van der Waals surface area (Å²) in [6.07, 6.45) is 1.71. The van der Waals surface area contributed by atoms with Crippen LogP contribution in [0.25, 0.3) is 0 Å². The average Bonchev–Trinajstić information content (AvgIpc) is 2.47. The molecule has 1 aromatic rings. The van der Waals surface area contributed by atoms with Gasteiger partial charge in [0.2, 0.25) is 11.8 Å². The zero-order valence-electron chi connectivity index (χ0n) is 11.2. The van der Waals surface area contributed by atoms with E-state index in [2.05, 4.69) is 20.5 Å². The van der Waals surface area contributed by atoms with Crippen LogP contribution in [0.5, 0.6) is 5.88 Å². The Morgan fingerprint density at radius 2 is 2.26 bits per heavy atom. The number of aromatic nitrogens is 1. The third kappa shape index (κ3) is 4.50. The third-order valence-electron chi connectivity index (χ3n) is 3.07. The van der Waals surface area contributed by atoms with Gasteiger partial charge in [0.1, 0.15) is 0 Å². The van der Waals surface area contributed by atoms with Crippen molar-refractivity contribution in [2.75, 3.05) is 39.8 Å². The Morgan fingerprint density at radius 3 is 2.89 bits per heavy atom. The van der Waals surface area contributed by atoms with Gasteiger partial charge in [-0.2, -0.15) is 0 Å². The van der Waals surface area contributed by atoms with Gasteiger partial charge in [-0.25, -0.2) is 4.98 Å². The summed E-state index contributed by atoms with van der Waals surface area (Å²) >= 11 is 0. The number of carbonyl (C=O) groups is 1. The van der Waals surface area contributed by atoms with Gasteiger partial charge in [0.25, 0.3) is 0 Å². The molecule has 1 aromatic heterocycles. The van der Waals surface area contributed by atoms with Gasteiger partial charge in [-0.15, -0.1) is 0 Å². The van der Waals surface area contributed by atoms with Gasteiger partial charge in [-0.3, -0.25) is 9.69 Å². The molecule has 104 valence electrons. The molecule has 19 heavy (non-hydrogen) atoms. The second-order valence-corrected chi connectivity index (χ2v) is 4.51. The fourth-order valence-corrected chi connectivity index (χ4v) is 1.97. The first-order chi connectivity index (χ1) is 9.28. The van der Waals surface area contributed by atoms with E-state index in [0.717, 1.165) is 31.7 Å². The highest BCUT2D eigenvalue weighted by atomic mass is 16.5. The van der Waals surface area contributed by atoms with Gasteiger partial charge in [-0.1, -0.05) is 6.07 Å². The maximum Gasteiger partial charge on any atom is 0.234 e. The average molecular weight is 264 g/mol. The van der Waals surface area contributed by atoms with Gasteiger partial charge >= 0.3 is 0 Å². The van der Waals surface area contributed by atoms with Crippen molar-refractivity contribution >= 4 is 5.91 Å². The molecule has 1 amide bonds.